The van der Waals surface area contributed by atoms with E-state index in [1.54, 1.807) is 31.4 Å². The van der Waals surface area contributed by atoms with Crippen LogP contribution >= 0.6 is 11.8 Å². The zero-order valence-electron chi connectivity index (χ0n) is 19.3. The number of anilines is 1. The lowest BCUT2D eigenvalue weighted by Gasteiger charge is -2.37. The standard InChI is InChI=1S/C25H28FN3O4S/c1-3-14-33-21-9-4-18(15-22(21)32-2)16-23-24(30)29(25(31)34-23)17-27-10-12-28(13-11-27)20-7-5-19(26)6-8-20/h4-9,15-16H,3,10-14,17H2,1-2H3/b23-16+. The van der Waals surface area contributed by atoms with E-state index in [2.05, 4.69) is 9.80 Å². The maximum Gasteiger partial charge on any atom is 0.294 e. The lowest BCUT2D eigenvalue weighted by molar-refractivity contribution is -0.124. The van der Waals surface area contributed by atoms with Crippen LogP contribution < -0.4 is 14.4 Å². The molecule has 0 aromatic heterocycles. The van der Waals surface area contributed by atoms with Gasteiger partial charge in [0.25, 0.3) is 11.1 Å². The zero-order chi connectivity index (χ0) is 24.1. The van der Waals surface area contributed by atoms with Crippen LogP contribution in [0.2, 0.25) is 0 Å². The van der Waals surface area contributed by atoms with Crippen molar-refractivity contribution in [2.75, 3.05) is 51.5 Å². The first-order valence-electron chi connectivity index (χ1n) is 11.3. The number of methoxy groups -OCH3 is 1. The Kier molecular flexibility index (Phi) is 7.74. The number of nitrogens with zero attached hydrogens (tertiary/aromatic N) is 3. The normalized spacial score (nSPS) is 18.1. The third-order valence-corrected chi connectivity index (χ3v) is 6.63. The van der Waals surface area contributed by atoms with Gasteiger partial charge in [0, 0.05) is 31.9 Å². The average molecular weight is 486 g/mol. The molecule has 0 radical (unpaired) electrons. The van der Waals surface area contributed by atoms with Crippen LogP contribution in [0.1, 0.15) is 18.9 Å². The lowest BCUT2D eigenvalue weighted by Crippen LogP contribution is -2.50. The number of ether oxygens (including phenoxy) is 2. The first-order valence-corrected chi connectivity index (χ1v) is 12.1. The fraction of sp³-hybridized carbons (Fsp3) is 0.360. The van der Waals surface area contributed by atoms with E-state index in [0.717, 1.165) is 42.5 Å². The quantitative estimate of drug-likeness (QED) is 0.513. The molecule has 0 atom stereocenters. The predicted octanol–water partition coefficient (Wildman–Crippen LogP) is 4.44. The fourth-order valence-electron chi connectivity index (χ4n) is 3.88. The average Bonchev–Trinajstić information content (AvgIpc) is 3.11. The summed E-state index contributed by atoms with van der Waals surface area (Å²) >= 11 is 0.949. The van der Waals surface area contributed by atoms with Gasteiger partial charge in [-0.1, -0.05) is 13.0 Å². The van der Waals surface area contributed by atoms with Crippen molar-refractivity contribution in [2.24, 2.45) is 0 Å². The van der Waals surface area contributed by atoms with E-state index in [1.807, 2.05) is 19.1 Å². The highest BCUT2D eigenvalue weighted by Crippen LogP contribution is 2.35. The summed E-state index contributed by atoms with van der Waals surface area (Å²) in [5, 5.41) is -0.271. The molecule has 2 aliphatic heterocycles. The summed E-state index contributed by atoms with van der Waals surface area (Å²) in [6.45, 7) is 5.76. The fourth-order valence-corrected chi connectivity index (χ4v) is 4.71. The molecule has 2 fully saturated rings. The Hall–Kier alpha value is -3.04. The van der Waals surface area contributed by atoms with E-state index in [1.165, 1.54) is 17.0 Å². The number of thioether (sulfide) groups is 1. The number of carbonyl (C=O) groups is 2. The van der Waals surface area contributed by atoms with Crippen molar-refractivity contribution in [3.8, 4) is 11.5 Å². The second-order valence-electron chi connectivity index (χ2n) is 8.09. The van der Waals surface area contributed by atoms with Crippen LogP contribution in [0.3, 0.4) is 0 Å². The highest BCUT2D eigenvalue weighted by atomic mass is 32.2. The third kappa shape index (κ3) is 5.53. The number of hydrogen-bond acceptors (Lipinski definition) is 7. The van der Waals surface area contributed by atoms with Gasteiger partial charge in [-0.2, -0.15) is 0 Å². The van der Waals surface area contributed by atoms with Gasteiger partial charge in [-0.25, -0.2) is 4.39 Å². The van der Waals surface area contributed by atoms with E-state index < -0.39 is 0 Å². The summed E-state index contributed by atoms with van der Waals surface area (Å²) < 4.78 is 24.3. The Labute approximate surface area is 203 Å². The van der Waals surface area contributed by atoms with Crippen molar-refractivity contribution in [3.63, 3.8) is 0 Å². The van der Waals surface area contributed by atoms with Crippen LogP contribution in [0.5, 0.6) is 11.5 Å². The van der Waals surface area contributed by atoms with Gasteiger partial charge in [-0.15, -0.1) is 0 Å². The van der Waals surface area contributed by atoms with E-state index >= 15 is 0 Å². The Bertz CT molecular complexity index is 1070. The van der Waals surface area contributed by atoms with Crippen LogP contribution in [-0.2, 0) is 4.79 Å². The molecule has 7 nitrogen and oxygen atoms in total. The first kappa shape index (κ1) is 24.1. The molecule has 4 rings (SSSR count). The Balaban J connectivity index is 1.37. The van der Waals surface area contributed by atoms with Crippen molar-refractivity contribution >= 4 is 34.7 Å². The molecule has 180 valence electrons. The van der Waals surface area contributed by atoms with Crippen molar-refractivity contribution in [2.45, 2.75) is 13.3 Å². The molecular formula is C25H28FN3O4S. The van der Waals surface area contributed by atoms with Gasteiger partial charge in [0.1, 0.15) is 5.82 Å². The second kappa shape index (κ2) is 10.9. The molecule has 0 spiro atoms. The van der Waals surface area contributed by atoms with Gasteiger partial charge < -0.3 is 14.4 Å². The number of carbonyl (C=O) groups excluding carboxylic acids is 2. The minimum absolute atomic E-state index is 0.256. The maximum atomic E-state index is 13.2. The number of piperazine rings is 1. The highest BCUT2D eigenvalue weighted by molar-refractivity contribution is 8.18. The molecule has 2 aromatic rings. The van der Waals surface area contributed by atoms with E-state index in [-0.39, 0.29) is 23.6 Å². The van der Waals surface area contributed by atoms with Gasteiger partial charge in [0.15, 0.2) is 11.5 Å². The van der Waals surface area contributed by atoms with Crippen molar-refractivity contribution in [1.82, 2.24) is 9.80 Å². The van der Waals surface area contributed by atoms with Gasteiger partial charge in [-0.05, 0) is 66.2 Å². The summed E-state index contributed by atoms with van der Waals surface area (Å²) in [5.41, 5.74) is 1.73. The second-order valence-corrected chi connectivity index (χ2v) is 9.08. The number of amides is 2. The Morgan fingerprint density at radius 3 is 2.44 bits per heavy atom. The zero-order valence-corrected chi connectivity index (χ0v) is 20.1. The monoisotopic (exact) mass is 485 g/mol. The van der Waals surface area contributed by atoms with Crippen molar-refractivity contribution < 1.29 is 23.5 Å². The number of hydrogen-bond donors (Lipinski definition) is 0. The van der Waals surface area contributed by atoms with E-state index in [4.69, 9.17) is 9.47 Å². The summed E-state index contributed by atoms with van der Waals surface area (Å²) in [5.74, 6) is 0.685. The van der Waals surface area contributed by atoms with Crippen LogP contribution in [0.4, 0.5) is 14.9 Å². The number of benzene rings is 2. The number of imide groups is 1. The number of halogens is 1. The molecule has 0 saturated carbocycles. The van der Waals surface area contributed by atoms with Gasteiger partial charge >= 0.3 is 0 Å². The lowest BCUT2D eigenvalue weighted by atomic mass is 10.2. The molecule has 9 heteroatoms. The van der Waals surface area contributed by atoms with Gasteiger partial charge in [0.05, 0.1) is 25.3 Å². The topological polar surface area (TPSA) is 62.3 Å². The van der Waals surface area contributed by atoms with Crippen LogP contribution in [0.25, 0.3) is 6.08 Å². The predicted molar refractivity (Wildman–Crippen MR) is 132 cm³/mol. The molecule has 0 unspecified atom stereocenters. The van der Waals surface area contributed by atoms with Gasteiger partial charge in [0.2, 0.25) is 0 Å². The molecule has 2 heterocycles. The molecule has 2 saturated heterocycles. The van der Waals surface area contributed by atoms with Crippen LogP contribution in [0, 0.1) is 5.82 Å². The Morgan fingerprint density at radius 2 is 1.76 bits per heavy atom. The molecular weight excluding hydrogens is 457 g/mol. The van der Waals surface area contributed by atoms with Crippen LogP contribution in [0.15, 0.2) is 47.4 Å². The SMILES string of the molecule is CCCOc1ccc(/C=C2/SC(=O)N(CN3CCN(c4ccc(F)cc4)CC3)C2=O)cc1OC. The maximum absolute atomic E-state index is 13.2. The summed E-state index contributed by atoms with van der Waals surface area (Å²) in [4.78, 5) is 31.5. The van der Waals surface area contributed by atoms with E-state index in [9.17, 15) is 14.0 Å². The van der Waals surface area contributed by atoms with Gasteiger partial charge in [-0.3, -0.25) is 19.4 Å². The molecule has 2 aromatic carbocycles. The molecule has 0 aliphatic carbocycles. The molecule has 34 heavy (non-hydrogen) atoms. The minimum atomic E-state index is -0.291. The molecule has 2 aliphatic rings. The van der Waals surface area contributed by atoms with E-state index in [0.29, 0.717) is 36.1 Å². The van der Waals surface area contributed by atoms with Crippen molar-refractivity contribution in [3.05, 3.63) is 58.8 Å². The summed E-state index contributed by atoms with van der Waals surface area (Å²) in [7, 11) is 1.57. The largest absolute Gasteiger partial charge is 0.493 e. The van der Waals surface area contributed by atoms with Crippen molar-refractivity contribution in [1.29, 1.82) is 0 Å². The molecule has 0 N–H and O–H groups in total. The first-order chi connectivity index (χ1) is 16.5. The highest BCUT2D eigenvalue weighted by Gasteiger charge is 2.36. The summed E-state index contributed by atoms with van der Waals surface area (Å²) in [6.07, 6.45) is 2.60. The molecule has 2 amide bonds. The minimum Gasteiger partial charge on any atom is -0.493 e. The Morgan fingerprint density at radius 1 is 1.03 bits per heavy atom. The molecule has 0 bridgehead atoms. The summed E-state index contributed by atoms with van der Waals surface area (Å²) in [6, 6.07) is 11.9. The number of rotatable bonds is 8. The third-order valence-electron chi connectivity index (χ3n) is 5.73. The van der Waals surface area contributed by atoms with Crippen LogP contribution in [-0.4, -0.2) is 67.5 Å². The smallest absolute Gasteiger partial charge is 0.294 e.